The number of rotatable bonds is 2. The van der Waals surface area contributed by atoms with Crippen LogP contribution in [0.3, 0.4) is 0 Å². The van der Waals surface area contributed by atoms with E-state index in [1.54, 1.807) is 0 Å². The molecule has 0 saturated carbocycles. The van der Waals surface area contributed by atoms with Crippen molar-refractivity contribution >= 4 is 11.6 Å². The fraction of sp³-hybridized carbons (Fsp3) is 0.400. The second-order valence-corrected chi connectivity index (χ2v) is 3.67. The lowest BCUT2D eigenvalue weighted by atomic mass is 10.1. The first-order valence-electron chi connectivity index (χ1n) is 4.10. The van der Waals surface area contributed by atoms with Crippen LogP contribution in [0.15, 0.2) is 18.2 Å². The fourth-order valence-electron chi connectivity index (χ4n) is 1.21. The lowest BCUT2D eigenvalue weighted by molar-refractivity contribution is 0.738. The summed E-state index contributed by atoms with van der Waals surface area (Å²) in [4.78, 5) is 0. The van der Waals surface area contributed by atoms with E-state index in [4.69, 9.17) is 17.3 Å². The second-order valence-electron chi connectivity index (χ2n) is 3.26. The first-order valence-corrected chi connectivity index (χ1v) is 4.48. The van der Waals surface area contributed by atoms with E-state index in [9.17, 15) is 0 Å². The lowest BCUT2D eigenvalue weighted by Gasteiger charge is -2.06. The summed E-state index contributed by atoms with van der Waals surface area (Å²) in [6.45, 7) is 4.01. The van der Waals surface area contributed by atoms with Crippen LogP contribution in [0.4, 0.5) is 0 Å². The zero-order valence-corrected chi connectivity index (χ0v) is 8.23. The summed E-state index contributed by atoms with van der Waals surface area (Å²) in [5, 5.41) is 0.823. The van der Waals surface area contributed by atoms with E-state index in [1.807, 2.05) is 26.0 Å². The molecule has 0 radical (unpaired) electrons. The zero-order valence-electron chi connectivity index (χ0n) is 7.47. The topological polar surface area (TPSA) is 26.0 Å². The molecule has 1 atom stereocenters. The standard InChI is InChI=1S/C10H14ClN/c1-7-5-9(6-8(2)12)3-4-10(7)11/h3-5,8H,6,12H2,1-2H3/t8-/m1/s1. The van der Waals surface area contributed by atoms with Crippen LogP contribution >= 0.6 is 11.6 Å². The number of nitrogens with two attached hydrogens (primary N) is 1. The Morgan fingerprint density at radius 3 is 2.67 bits per heavy atom. The third-order valence-electron chi connectivity index (χ3n) is 1.78. The number of hydrogen-bond acceptors (Lipinski definition) is 1. The van der Waals surface area contributed by atoms with Gasteiger partial charge in [-0.2, -0.15) is 0 Å². The Morgan fingerprint density at radius 2 is 2.17 bits per heavy atom. The Balaban J connectivity index is 2.82. The van der Waals surface area contributed by atoms with Gasteiger partial charge in [-0.1, -0.05) is 23.7 Å². The van der Waals surface area contributed by atoms with E-state index >= 15 is 0 Å². The Morgan fingerprint density at radius 1 is 1.50 bits per heavy atom. The van der Waals surface area contributed by atoms with E-state index in [2.05, 4.69) is 6.07 Å². The van der Waals surface area contributed by atoms with Crippen molar-refractivity contribution < 1.29 is 0 Å². The third kappa shape index (κ3) is 2.50. The van der Waals surface area contributed by atoms with Crippen LogP contribution in [-0.4, -0.2) is 6.04 Å². The molecule has 0 aromatic heterocycles. The highest BCUT2D eigenvalue weighted by Gasteiger charge is 1.99. The molecule has 1 aromatic rings. The van der Waals surface area contributed by atoms with Gasteiger partial charge in [0.2, 0.25) is 0 Å². The summed E-state index contributed by atoms with van der Waals surface area (Å²) in [7, 11) is 0. The molecule has 0 aliphatic heterocycles. The average molecular weight is 184 g/mol. The van der Waals surface area contributed by atoms with Gasteiger partial charge in [-0.25, -0.2) is 0 Å². The molecule has 1 nitrogen and oxygen atoms in total. The maximum atomic E-state index is 5.89. The normalized spacial score (nSPS) is 13.0. The minimum atomic E-state index is 0.213. The molecule has 0 heterocycles. The largest absolute Gasteiger partial charge is 0.328 e. The fourth-order valence-corrected chi connectivity index (χ4v) is 1.32. The average Bonchev–Trinajstić information content (AvgIpc) is 1.96. The molecule has 0 fully saturated rings. The molecular formula is C10H14ClN. The number of hydrogen-bond donors (Lipinski definition) is 1. The molecule has 0 spiro atoms. The number of halogens is 1. The Kier molecular flexibility index (Phi) is 3.12. The molecule has 0 bridgehead atoms. The van der Waals surface area contributed by atoms with Crippen molar-refractivity contribution in [1.29, 1.82) is 0 Å². The van der Waals surface area contributed by atoms with Crippen LogP contribution in [-0.2, 0) is 6.42 Å². The van der Waals surface area contributed by atoms with Crippen molar-refractivity contribution in [1.82, 2.24) is 0 Å². The van der Waals surface area contributed by atoms with Crippen molar-refractivity contribution in [2.24, 2.45) is 5.73 Å². The van der Waals surface area contributed by atoms with Crippen LogP contribution in [0, 0.1) is 6.92 Å². The summed E-state index contributed by atoms with van der Waals surface area (Å²) in [6, 6.07) is 6.25. The highest BCUT2D eigenvalue weighted by Crippen LogP contribution is 2.16. The number of aryl methyl sites for hydroxylation is 1. The van der Waals surface area contributed by atoms with E-state index < -0.39 is 0 Å². The quantitative estimate of drug-likeness (QED) is 0.750. The van der Waals surface area contributed by atoms with Crippen molar-refractivity contribution in [2.45, 2.75) is 26.3 Å². The Hall–Kier alpha value is -0.530. The van der Waals surface area contributed by atoms with Gasteiger partial charge in [0, 0.05) is 11.1 Å². The summed E-state index contributed by atoms with van der Waals surface area (Å²) >= 11 is 5.89. The lowest BCUT2D eigenvalue weighted by Crippen LogP contribution is -2.17. The van der Waals surface area contributed by atoms with E-state index in [1.165, 1.54) is 5.56 Å². The van der Waals surface area contributed by atoms with Crippen LogP contribution in [0.2, 0.25) is 5.02 Å². The van der Waals surface area contributed by atoms with Gasteiger partial charge in [0.25, 0.3) is 0 Å². The molecule has 2 heteroatoms. The van der Waals surface area contributed by atoms with E-state index in [0.717, 1.165) is 17.0 Å². The van der Waals surface area contributed by atoms with Gasteiger partial charge < -0.3 is 5.73 Å². The number of benzene rings is 1. The highest BCUT2D eigenvalue weighted by molar-refractivity contribution is 6.31. The smallest absolute Gasteiger partial charge is 0.0435 e. The van der Waals surface area contributed by atoms with Gasteiger partial charge in [0.15, 0.2) is 0 Å². The molecule has 0 unspecified atom stereocenters. The van der Waals surface area contributed by atoms with Gasteiger partial charge in [-0.15, -0.1) is 0 Å². The molecule has 0 aliphatic carbocycles. The first kappa shape index (κ1) is 9.56. The molecule has 0 aliphatic rings. The molecule has 66 valence electrons. The van der Waals surface area contributed by atoms with E-state index in [-0.39, 0.29) is 6.04 Å². The van der Waals surface area contributed by atoms with Crippen LogP contribution in [0.1, 0.15) is 18.1 Å². The van der Waals surface area contributed by atoms with Gasteiger partial charge in [-0.3, -0.25) is 0 Å². The molecule has 1 rings (SSSR count). The van der Waals surface area contributed by atoms with Crippen LogP contribution in [0.25, 0.3) is 0 Å². The molecule has 0 saturated heterocycles. The summed E-state index contributed by atoms with van der Waals surface area (Å²) in [6.07, 6.45) is 0.915. The monoisotopic (exact) mass is 183 g/mol. The summed E-state index contributed by atoms with van der Waals surface area (Å²) in [5.74, 6) is 0. The highest BCUT2D eigenvalue weighted by atomic mass is 35.5. The minimum Gasteiger partial charge on any atom is -0.328 e. The Labute approximate surface area is 78.5 Å². The maximum absolute atomic E-state index is 5.89. The van der Waals surface area contributed by atoms with Crippen molar-refractivity contribution in [3.05, 3.63) is 34.3 Å². The maximum Gasteiger partial charge on any atom is 0.0435 e. The minimum absolute atomic E-state index is 0.213. The van der Waals surface area contributed by atoms with Gasteiger partial charge in [0.1, 0.15) is 0 Å². The SMILES string of the molecule is Cc1cc(C[C@@H](C)N)ccc1Cl. The predicted molar refractivity (Wildman–Crippen MR) is 53.5 cm³/mol. The predicted octanol–water partition coefficient (Wildman–Crippen LogP) is 2.54. The second kappa shape index (κ2) is 3.92. The molecule has 1 aromatic carbocycles. The summed E-state index contributed by atoms with van der Waals surface area (Å²) in [5.41, 5.74) is 8.06. The molecule has 2 N–H and O–H groups in total. The Bertz CT molecular complexity index is 269. The third-order valence-corrected chi connectivity index (χ3v) is 2.20. The molecular weight excluding hydrogens is 170 g/mol. The molecule has 12 heavy (non-hydrogen) atoms. The first-order chi connectivity index (χ1) is 5.59. The van der Waals surface area contributed by atoms with Crippen molar-refractivity contribution in [3.63, 3.8) is 0 Å². The summed E-state index contributed by atoms with van der Waals surface area (Å²) < 4.78 is 0. The van der Waals surface area contributed by atoms with Crippen LogP contribution < -0.4 is 5.73 Å². The van der Waals surface area contributed by atoms with Gasteiger partial charge in [0.05, 0.1) is 0 Å². The van der Waals surface area contributed by atoms with Crippen molar-refractivity contribution in [2.75, 3.05) is 0 Å². The van der Waals surface area contributed by atoms with Gasteiger partial charge >= 0.3 is 0 Å². The zero-order chi connectivity index (χ0) is 9.14. The van der Waals surface area contributed by atoms with E-state index in [0.29, 0.717) is 0 Å². The van der Waals surface area contributed by atoms with Crippen molar-refractivity contribution in [3.8, 4) is 0 Å². The molecule has 0 amide bonds. The van der Waals surface area contributed by atoms with Crippen LogP contribution in [0.5, 0.6) is 0 Å². The van der Waals surface area contributed by atoms with Gasteiger partial charge in [-0.05, 0) is 37.5 Å².